The SMILES string of the molecule is C[C@@H]1Cc2c(nn(C)c2C(=O)N2CCC(CN3CCOCC3)CC2)[C@H](C)O1. The lowest BCUT2D eigenvalue weighted by Crippen LogP contribution is -2.44. The molecule has 3 aliphatic heterocycles. The number of amides is 1. The fraction of sp³-hybridized carbons (Fsp3) is 0.800. The van der Waals surface area contributed by atoms with Gasteiger partial charge < -0.3 is 14.4 Å². The smallest absolute Gasteiger partial charge is 0.272 e. The summed E-state index contributed by atoms with van der Waals surface area (Å²) in [5.41, 5.74) is 2.78. The number of morpholine rings is 1. The van der Waals surface area contributed by atoms with Crippen LogP contribution in [0, 0.1) is 5.92 Å². The number of carbonyl (C=O) groups excluding carboxylic acids is 1. The average Bonchev–Trinajstić information content (AvgIpc) is 2.99. The van der Waals surface area contributed by atoms with E-state index in [0.29, 0.717) is 5.92 Å². The summed E-state index contributed by atoms with van der Waals surface area (Å²) in [7, 11) is 1.88. The predicted octanol–water partition coefficient (Wildman–Crippen LogP) is 1.63. The number of likely N-dealkylation sites (tertiary alicyclic amines) is 1. The third kappa shape index (κ3) is 3.91. The molecule has 0 bridgehead atoms. The summed E-state index contributed by atoms with van der Waals surface area (Å²) in [6.45, 7) is 10.7. The van der Waals surface area contributed by atoms with Crippen LogP contribution in [0.3, 0.4) is 0 Å². The predicted molar refractivity (Wildman–Crippen MR) is 102 cm³/mol. The standard InChI is InChI=1S/C20H32N4O3/c1-14-12-17-18(15(2)27-14)21-22(3)19(17)20(25)24-6-4-16(5-7-24)13-23-8-10-26-11-9-23/h14-16H,4-13H2,1-3H3/t14-,15+/m1/s1. The molecule has 7 nitrogen and oxygen atoms in total. The number of carbonyl (C=O) groups is 1. The van der Waals surface area contributed by atoms with Crippen molar-refractivity contribution in [2.45, 2.75) is 45.3 Å². The van der Waals surface area contributed by atoms with Gasteiger partial charge in [0.1, 0.15) is 5.69 Å². The zero-order valence-electron chi connectivity index (χ0n) is 16.8. The molecular weight excluding hydrogens is 344 g/mol. The summed E-state index contributed by atoms with van der Waals surface area (Å²) in [6.07, 6.45) is 3.01. The van der Waals surface area contributed by atoms with Crippen molar-refractivity contribution in [3.05, 3.63) is 17.0 Å². The fourth-order valence-electron chi connectivity index (χ4n) is 4.75. The molecule has 3 aliphatic rings. The number of hydrogen-bond acceptors (Lipinski definition) is 5. The number of aryl methyl sites for hydroxylation is 1. The third-order valence-corrected chi connectivity index (χ3v) is 6.21. The zero-order valence-corrected chi connectivity index (χ0v) is 16.8. The molecule has 150 valence electrons. The summed E-state index contributed by atoms with van der Waals surface area (Å²) in [6, 6.07) is 0. The molecule has 1 aromatic heterocycles. The Hall–Kier alpha value is -1.44. The normalized spacial score (nSPS) is 27.6. The molecule has 0 aromatic carbocycles. The van der Waals surface area contributed by atoms with E-state index in [2.05, 4.69) is 16.9 Å². The Kier molecular flexibility index (Phi) is 5.53. The molecule has 0 spiro atoms. The van der Waals surface area contributed by atoms with Gasteiger partial charge in [-0.3, -0.25) is 14.4 Å². The van der Waals surface area contributed by atoms with Crippen LogP contribution in [0.4, 0.5) is 0 Å². The van der Waals surface area contributed by atoms with Crippen molar-refractivity contribution >= 4 is 5.91 Å². The maximum atomic E-state index is 13.3. The van der Waals surface area contributed by atoms with E-state index in [4.69, 9.17) is 9.47 Å². The summed E-state index contributed by atoms with van der Waals surface area (Å²) < 4.78 is 13.1. The van der Waals surface area contributed by atoms with Crippen LogP contribution in [0.1, 0.15) is 54.5 Å². The summed E-state index contributed by atoms with van der Waals surface area (Å²) in [5.74, 6) is 0.818. The maximum Gasteiger partial charge on any atom is 0.272 e. The highest BCUT2D eigenvalue weighted by Crippen LogP contribution is 2.32. The largest absolute Gasteiger partial charge is 0.379 e. The lowest BCUT2D eigenvalue weighted by molar-refractivity contribution is -0.00715. The lowest BCUT2D eigenvalue weighted by Gasteiger charge is -2.36. The van der Waals surface area contributed by atoms with Crippen molar-refractivity contribution in [2.75, 3.05) is 45.9 Å². The minimum absolute atomic E-state index is 0.0456. The van der Waals surface area contributed by atoms with Crippen LogP contribution in [-0.2, 0) is 22.9 Å². The van der Waals surface area contributed by atoms with Crippen LogP contribution in [0.2, 0.25) is 0 Å². The van der Waals surface area contributed by atoms with E-state index in [9.17, 15) is 4.79 Å². The quantitative estimate of drug-likeness (QED) is 0.802. The van der Waals surface area contributed by atoms with E-state index in [1.165, 1.54) is 0 Å². The first kappa shape index (κ1) is 18.9. The monoisotopic (exact) mass is 376 g/mol. The highest BCUT2D eigenvalue weighted by molar-refractivity contribution is 5.94. The number of piperidine rings is 1. The van der Waals surface area contributed by atoms with Gasteiger partial charge in [-0.25, -0.2) is 0 Å². The Morgan fingerprint density at radius 3 is 2.56 bits per heavy atom. The van der Waals surface area contributed by atoms with Gasteiger partial charge in [-0.2, -0.15) is 5.10 Å². The van der Waals surface area contributed by atoms with Gasteiger partial charge in [0.25, 0.3) is 5.91 Å². The molecule has 7 heteroatoms. The number of ether oxygens (including phenoxy) is 2. The van der Waals surface area contributed by atoms with Gasteiger partial charge in [0.2, 0.25) is 0 Å². The van der Waals surface area contributed by atoms with E-state index in [1.54, 1.807) is 4.68 Å². The van der Waals surface area contributed by atoms with Crippen LogP contribution >= 0.6 is 0 Å². The molecule has 2 fully saturated rings. The van der Waals surface area contributed by atoms with Gasteiger partial charge in [-0.05, 0) is 32.6 Å². The molecule has 0 unspecified atom stereocenters. The van der Waals surface area contributed by atoms with Gasteiger partial charge in [-0.1, -0.05) is 0 Å². The van der Waals surface area contributed by atoms with Crippen LogP contribution < -0.4 is 0 Å². The van der Waals surface area contributed by atoms with Crippen molar-refractivity contribution in [2.24, 2.45) is 13.0 Å². The highest BCUT2D eigenvalue weighted by atomic mass is 16.5. The number of rotatable bonds is 3. The fourth-order valence-corrected chi connectivity index (χ4v) is 4.75. The van der Waals surface area contributed by atoms with Crippen molar-refractivity contribution in [3.63, 3.8) is 0 Å². The van der Waals surface area contributed by atoms with Gasteiger partial charge in [0.05, 0.1) is 31.1 Å². The van der Waals surface area contributed by atoms with Gasteiger partial charge >= 0.3 is 0 Å². The minimum atomic E-state index is -0.0456. The van der Waals surface area contributed by atoms with E-state index in [-0.39, 0.29) is 18.1 Å². The number of nitrogens with zero attached hydrogens (tertiary/aromatic N) is 4. The van der Waals surface area contributed by atoms with Crippen molar-refractivity contribution in [1.82, 2.24) is 19.6 Å². The maximum absolute atomic E-state index is 13.3. The Morgan fingerprint density at radius 2 is 1.85 bits per heavy atom. The van der Waals surface area contributed by atoms with Crippen molar-refractivity contribution in [3.8, 4) is 0 Å². The Bertz CT molecular complexity index is 675. The first-order valence-corrected chi connectivity index (χ1v) is 10.3. The first-order valence-electron chi connectivity index (χ1n) is 10.3. The van der Waals surface area contributed by atoms with Crippen LogP contribution in [0.15, 0.2) is 0 Å². The van der Waals surface area contributed by atoms with Gasteiger partial charge in [0, 0.05) is 51.8 Å². The Morgan fingerprint density at radius 1 is 1.15 bits per heavy atom. The molecule has 2 saturated heterocycles. The molecule has 0 N–H and O–H groups in total. The third-order valence-electron chi connectivity index (χ3n) is 6.21. The zero-order chi connectivity index (χ0) is 19.0. The second-order valence-corrected chi connectivity index (χ2v) is 8.28. The second kappa shape index (κ2) is 7.89. The molecule has 1 amide bonds. The Labute approximate surface area is 161 Å². The molecule has 0 aliphatic carbocycles. The average molecular weight is 377 g/mol. The number of fused-ring (bicyclic) bond motifs is 1. The summed E-state index contributed by atoms with van der Waals surface area (Å²) in [4.78, 5) is 17.8. The molecule has 2 atom stereocenters. The van der Waals surface area contributed by atoms with E-state index in [1.807, 2.05) is 18.9 Å². The topological polar surface area (TPSA) is 59.8 Å². The molecule has 0 saturated carbocycles. The van der Waals surface area contributed by atoms with E-state index < -0.39 is 0 Å². The molecular formula is C20H32N4O3. The van der Waals surface area contributed by atoms with Crippen molar-refractivity contribution in [1.29, 1.82) is 0 Å². The minimum Gasteiger partial charge on any atom is -0.379 e. The second-order valence-electron chi connectivity index (χ2n) is 8.28. The molecule has 4 rings (SSSR count). The van der Waals surface area contributed by atoms with Gasteiger partial charge in [0.15, 0.2) is 0 Å². The number of aromatic nitrogens is 2. The molecule has 0 radical (unpaired) electrons. The summed E-state index contributed by atoms with van der Waals surface area (Å²) >= 11 is 0. The molecule has 1 aromatic rings. The lowest BCUT2D eigenvalue weighted by atomic mass is 9.94. The molecule has 27 heavy (non-hydrogen) atoms. The summed E-state index contributed by atoms with van der Waals surface area (Å²) in [5, 5.41) is 4.60. The number of hydrogen-bond donors (Lipinski definition) is 0. The van der Waals surface area contributed by atoms with Gasteiger partial charge in [-0.15, -0.1) is 0 Å². The van der Waals surface area contributed by atoms with Crippen LogP contribution in [-0.4, -0.2) is 77.5 Å². The van der Waals surface area contributed by atoms with E-state index in [0.717, 1.165) is 82.2 Å². The molecule has 4 heterocycles. The van der Waals surface area contributed by atoms with Crippen molar-refractivity contribution < 1.29 is 14.3 Å². The highest BCUT2D eigenvalue weighted by Gasteiger charge is 2.34. The Balaban J connectivity index is 1.40. The first-order chi connectivity index (χ1) is 13.0. The van der Waals surface area contributed by atoms with E-state index >= 15 is 0 Å². The van der Waals surface area contributed by atoms with Crippen LogP contribution in [0.25, 0.3) is 0 Å². The van der Waals surface area contributed by atoms with Crippen LogP contribution in [0.5, 0.6) is 0 Å².